The first-order chi connectivity index (χ1) is 14.7. The molecule has 2 aromatic carbocycles. The van der Waals surface area contributed by atoms with Gasteiger partial charge in [0.15, 0.2) is 17.5 Å². The van der Waals surface area contributed by atoms with Crippen molar-refractivity contribution in [1.29, 1.82) is 0 Å². The zero-order chi connectivity index (χ0) is 20.8. The highest BCUT2D eigenvalue weighted by Crippen LogP contribution is 2.35. The molecule has 1 saturated heterocycles. The molecule has 0 aromatic heterocycles. The Hall–Kier alpha value is -2.80. The second-order valence-electron chi connectivity index (χ2n) is 7.66. The molecule has 2 aromatic rings. The van der Waals surface area contributed by atoms with E-state index in [2.05, 4.69) is 15.6 Å². The third kappa shape index (κ3) is 4.67. The topological polar surface area (TPSA) is 64.1 Å². The van der Waals surface area contributed by atoms with Gasteiger partial charge in [-0.1, -0.05) is 12.1 Å². The molecule has 0 unspecified atom stereocenters. The number of halogens is 1. The van der Waals surface area contributed by atoms with E-state index in [4.69, 9.17) is 14.2 Å². The number of rotatable bonds is 4. The Labute approximate surface area is 176 Å². The minimum absolute atomic E-state index is 0.131. The van der Waals surface area contributed by atoms with E-state index < -0.39 is 0 Å². The number of nitrogens with zero attached hydrogens (tertiary/aromatic N) is 1. The van der Waals surface area contributed by atoms with Crippen molar-refractivity contribution in [3.8, 4) is 11.5 Å². The molecular formula is C23H28FN3O3. The van der Waals surface area contributed by atoms with E-state index in [9.17, 15) is 4.39 Å². The monoisotopic (exact) mass is 413 g/mol. The van der Waals surface area contributed by atoms with E-state index in [0.29, 0.717) is 38.9 Å². The first-order valence-corrected chi connectivity index (χ1v) is 10.4. The Bertz CT molecular complexity index is 880. The van der Waals surface area contributed by atoms with Gasteiger partial charge in [0.05, 0.1) is 13.2 Å². The van der Waals surface area contributed by atoms with Gasteiger partial charge in [-0.3, -0.25) is 4.99 Å². The van der Waals surface area contributed by atoms with Crippen LogP contribution in [0.4, 0.5) is 10.1 Å². The van der Waals surface area contributed by atoms with Crippen LogP contribution in [0.15, 0.2) is 47.5 Å². The average molecular weight is 413 g/mol. The van der Waals surface area contributed by atoms with Crippen LogP contribution in [0.25, 0.3) is 0 Å². The van der Waals surface area contributed by atoms with Gasteiger partial charge in [0, 0.05) is 50.4 Å². The number of ether oxygens (including phenoxy) is 3. The summed E-state index contributed by atoms with van der Waals surface area (Å²) in [5, 5.41) is 6.78. The summed E-state index contributed by atoms with van der Waals surface area (Å²) in [5.41, 5.74) is 1.86. The minimum Gasteiger partial charge on any atom is -0.490 e. The van der Waals surface area contributed by atoms with Crippen LogP contribution in [-0.2, 0) is 10.2 Å². The van der Waals surface area contributed by atoms with Crippen molar-refractivity contribution in [2.45, 2.75) is 24.7 Å². The summed E-state index contributed by atoms with van der Waals surface area (Å²) in [6, 6.07) is 12.6. The molecule has 0 spiro atoms. The summed E-state index contributed by atoms with van der Waals surface area (Å²) >= 11 is 0. The highest BCUT2D eigenvalue weighted by atomic mass is 19.1. The largest absolute Gasteiger partial charge is 0.490 e. The average Bonchev–Trinajstić information content (AvgIpc) is 3.02. The summed E-state index contributed by atoms with van der Waals surface area (Å²) in [5.74, 6) is 1.94. The van der Waals surface area contributed by atoms with Gasteiger partial charge in [0.1, 0.15) is 5.82 Å². The van der Waals surface area contributed by atoms with E-state index >= 15 is 0 Å². The van der Waals surface area contributed by atoms with Crippen LogP contribution in [0.3, 0.4) is 0 Å². The molecule has 4 rings (SSSR count). The molecule has 0 amide bonds. The van der Waals surface area contributed by atoms with Crippen LogP contribution in [0, 0.1) is 5.82 Å². The molecule has 2 N–H and O–H groups in total. The molecule has 0 saturated carbocycles. The minimum atomic E-state index is -0.221. The van der Waals surface area contributed by atoms with E-state index in [1.54, 1.807) is 7.05 Å². The second kappa shape index (κ2) is 9.34. The van der Waals surface area contributed by atoms with Gasteiger partial charge in [0.2, 0.25) is 0 Å². The van der Waals surface area contributed by atoms with Crippen molar-refractivity contribution in [1.82, 2.24) is 5.32 Å². The Kier molecular flexibility index (Phi) is 6.38. The van der Waals surface area contributed by atoms with E-state index in [1.807, 2.05) is 30.3 Å². The van der Waals surface area contributed by atoms with Gasteiger partial charge in [-0.15, -0.1) is 0 Å². The van der Waals surface area contributed by atoms with Gasteiger partial charge in [-0.25, -0.2) is 4.39 Å². The number of hydrogen-bond donors (Lipinski definition) is 2. The zero-order valence-electron chi connectivity index (χ0n) is 17.2. The Balaban J connectivity index is 1.46. The SMILES string of the molecule is CN=C(NCC1(c2ccc(F)cc2)CCOCC1)Nc1ccc2c(c1)OCCCO2. The Morgan fingerprint density at radius 1 is 1.00 bits per heavy atom. The van der Waals surface area contributed by atoms with Crippen LogP contribution in [0.1, 0.15) is 24.8 Å². The first kappa shape index (κ1) is 20.5. The van der Waals surface area contributed by atoms with Crippen molar-refractivity contribution in [3.05, 3.63) is 53.8 Å². The summed E-state index contributed by atoms with van der Waals surface area (Å²) in [6.45, 7) is 3.36. The summed E-state index contributed by atoms with van der Waals surface area (Å²) in [4.78, 5) is 4.37. The smallest absolute Gasteiger partial charge is 0.195 e. The molecule has 0 bridgehead atoms. The third-order valence-electron chi connectivity index (χ3n) is 5.73. The predicted octanol–water partition coefficient (Wildman–Crippen LogP) is 3.72. The fourth-order valence-electron chi connectivity index (χ4n) is 3.94. The molecule has 0 atom stereocenters. The molecule has 0 aliphatic carbocycles. The maximum absolute atomic E-state index is 13.4. The standard InChI is InChI=1S/C23H28FN3O3/c1-25-22(27-19-7-8-20-21(15-19)30-12-2-11-29-20)26-16-23(9-13-28-14-10-23)17-3-5-18(24)6-4-17/h3-8,15H,2,9-14,16H2,1H3,(H2,25,26,27). The van der Waals surface area contributed by atoms with Gasteiger partial charge in [-0.05, 0) is 42.7 Å². The van der Waals surface area contributed by atoms with Crippen LogP contribution in [-0.4, -0.2) is 46.0 Å². The molecule has 160 valence electrons. The van der Waals surface area contributed by atoms with Crippen LogP contribution in [0.2, 0.25) is 0 Å². The zero-order valence-corrected chi connectivity index (χ0v) is 17.2. The number of nitrogens with one attached hydrogen (secondary N) is 2. The lowest BCUT2D eigenvalue weighted by Crippen LogP contribution is -2.46. The normalized spacial score (nSPS) is 18.4. The highest BCUT2D eigenvalue weighted by molar-refractivity contribution is 5.94. The van der Waals surface area contributed by atoms with Gasteiger partial charge < -0.3 is 24.8 Å². The van der Waals surface area contributed by atoms with E-state index in [-0.39, 0.29) is 11.2 Å². The number of benzene rings is 2. The fourth-order valence-corrected chi connectivity index (χ4v) is 3.94. The number of anilines is 1. The molecular weight excluding hydrogens is 385 g/mol. The molecule has 2 aliphatic rings. The fraction of sp³-hybridized carbons (Fsp3) is 0.435. The van der Waals surface area contributed by atoms with E-state index in [1.165, 1.54) is 12.1 Å². The second-order valence-corrected chi connectivity index (χ2v) is 7.66. The maximum atomic E-state index is 13.4. The van der Waals surface area contributed by atoms with Crippen LogP contribution < -0.4 is 20.1 Å². The number of aliphatic imine (C=N–C) groups is 1. The summed E-state index contributed by atoms with van der Waals surface area (Å²) in [6.07, 6.45) is 2.61. The first-order valence-electron chi connectivity index (χ1n) is 10.4. The predicted molar refractivity (Wildman–Crippen MR) is 115 cm³/mol. The molecule has 6 nitrogen and oxygen atoms in total. The van der Waals surface area contributed by atoms with Gasteiger partial charge in [-0.2, -0.15) is 0 Å². The molecule has 1 fully saturated rings. The third-order valence-corrected chi connectivity index (χ3v) is 5.73. The van der Waals surface area contributed by atoms with Crippen LogP contribution in [0.5, 0.6) is 11.5 Å². The maximum Gasteiger partial charge on any atom is 0.195 e. The number of hydrogen-bond acceptors (Lipinski definition) is 4. The summed E-state index contributed by atoms with van der Waals surface area (Å²) in [7, 11) is 1.74. The Morgan fingerprint density at radius 2 is 1.73 bits per heavy atom. The number of guanidine groups is 1. The van der Waals surface area contributed by atoms with Crippen molar-refractivity contribution >= 4 is 11.6 Å². The van der Waals surface area contributed by atoms with Crippen LogP contribution >= 0.6 is 0 Å². The van der Waals surface area contributed by atoms with Crippen molar-refractivity contribution in [2.24, 2.45) is 4.99 Å². The molecule has 0 radical (unpaired) electrons. The molecule has 7 heteroatoms. The summed E-state index contributed by atoms with van der Waals surface area (Å²) < 4.78 is 30.5. The van der Waals surface area contributed by atoms with Crippen molar-refractivity contribution in [3.63, 3.8) is 0 Å². The van der Waals surface area contributed by atoms with Crippen molar-refractivity contribution < 1.29 is 18.6 Å². The highest BCUT2D eigenvalue weighted by Gasteiger charge is 2.34. The van der Waals surface area contributed by atoms with Gasteiger partial charge in [0.25, 0.3) is 0 Å². The lowest BCUT2D eigenvalue weighted by Gasteiger charge is -2.38. The number of fused-ring (bicyclic) bond motifs is 1. The molecule has 2 aliphatic heterocycles. The lowest BCUT2D eigenvalue weighted by atomic mass is 9.74. The van der Waals surface area contributed by atoms with Crippen molar-refractivity contribution in [2.75, 3.05) is 45.3 Å². The molecule has 2 heterocycles. The van der Waals surface area contributed by atoms with Gasteiger partial charge >= 0.3 is 0 Å². The quantitative estimate of drug-likeness (QED) is 0.591. The molecule has 30 heavy (non-hydrogen) atoms. The van der Waals surface area contributed by atoms with E-state index in [0.717, 1.165) is 42.0 Å². The lowest BCUT2D eigenvalue weighted by molar-refractivity contribution is 0.0514. The Morgan fingerprint density at radius 3 is 2.47 bits per heavy atom.